The van der Waals surface area contributed by atoms with Gasteiger partial charge >= 0.3 is 6.03 Å². The highest BCUT2D eigenvalue weighted by molar-refractivity contribution is 6.02. The van der Waals surface area contributed by atoms with E-state index in [0.29, 0.717) is 72.6 Å². The van der Waals surface area contributed by atoms with E-state index in [1.54, 1.807) is 27.8 Å². The fourth-order valence-electron chi connectivity index (χ4n) is 6.47. The average Bonchev–Trinajstić information content (AvgIpc) is 3.78. The van der Waals surface area contributed by atoms with E-state index in [1.807, 2.05) is 47.2 Å². The molecule has 3 amide bonds. The first-order valence-corrected chi connectivity index (χ1v) is 16.7. The summed E-state index contributed by atoms with van der Waals surface area (Å²) in [6, 6.07) is 18.7. The molecule has 0 radical (unpaired) electrons. The van der Waals surface area contributed by atoms with E-state index in [9.17, 15) is 18.8 Å². The summed E-state index contributed by atoms with van der Waals surface area (Å²) in [6.45, 7) is 5.10. The minimum absolute atomic E-state index is 0.0953. The van der Waals surface area contributed by atoms with Crippen LogP contribution in [0, 0.1) is 11.7 Å². The zero-order valence-corrected chi connectivity index (χ0v) is 27.0. The van der Waals surface area contributed by atoms with Crippen molar-refractivity contribution >= 4 is 34.2 Å². The molecule has 3 fully saturated rings. The van der Waals surface area contributed by atoms with Crippen LogP contribution in [0.15, 0.2) is 77.6 Å². The van der Waals surface area contributed by atoms with E-state index >= 15 is 0 Å². The van der Waals surface area contributed by atoms with Crippen LogP contribution < -0.4 is 30.8 Å². The van der Waals surface area contributed by atoms with Gasteiger partial charge in [0.1, 0.15) is 11.6 Å². The Bertz CT molecular complexity index is 1830. The van der Waals surface area contributed by atoms with E-state index in [2.05, 4.69) is 10.6 Å². The smallest absolute Gasteiger partial charge is 0.326 e. The van der Waals surface area contributed by atoms with Gasteiger partial charge in [0.25, 0.3) is 5.56 Å². The number of hydrogen-bond donors (Lipinski definition) is 2. The fourth-order valence-corrected chi connectivity index (χ4v) is 6.47. The molecule has 48 heavy (non-hydrogen) atoms. The van der Waals surface area contributed by atoms with E-state index in [0.717, 1.165) is 19.4 Å². The molecule has 11 nitrogen and oxygen atoms in total. The number of benzene rings is 3. The molecular formula is C36H40FN7O4. The molecule has 1 aliphatic carbocycles. The second-order valence-electron chi connectivity index (χ2n) is 12.8. The number of piperazine rings is 1. The quantitative estimate of drug-likeness (QED) is 0.271. The number of hydrogen-bond acceptors (Lipinski definition) is 7. The monoisotopic (exact) mass is 653 g/mol. The third-order valence-corrected chi connectivity index (χ3v) is 9.36. The van der Waals surface area contributed by atoms with Crippen LogP contribution in [-0.4, -0.2) is 71.9 Å². The summed E-state index contributed by atoms with van der Waals surface area (Å²) in [4.78, 5) is 49.9. The Kier molecular flexibility index (Phi) is 8.98. The van der Waals surface area contributed by atoms with Crippen molar-refractivity contribution in [3.8, 4) is 5.75 Å². The van der Waals surface area contributed by atoms with Crippen molar-refractivity contribution in [2.24, 2.45) is 5.92 Å². The van der Waals surface area contributed by atoms with Crippen LogP contribution in [0.5, 0.6) is 5.75 Å². The van der Waals surface area contributed by atoms with Crippen LogP contribution >= 0.6 is 0 Å². The molecule has 7 rings (SSSR count). The second-order valence-corrected chi connectivity index (χ2v) is 12.8. The first kappa shape index (κ1) is 31.6. The maximum atomic E-state index is 14.2. The Morgan fingerprint density at radius 3 is 2.42 bits per heavy atom. The third-order valence-electron chi connectivity index (χ3n) is 9.36. The van der Waals surface area contributed by atoms with E-state index in [-0.39, 0.29) is 17.5 Å². The Labute approximate surface area is 278 Å². The number of rotatable bonds is 9. The van der Waals surface area contributed by atoms with Crippen molar-refractivity contribution in [1.82, 2.24) is 19.9 Å². The molecule has 4 aromatic rings. The molecule has 2 aliphatic heterocycles. The first-order chi connectivity index (χ1) is 23.4. The number of nitrogens with zero attached hydrogens (tertiary/aromatic N) is 5. The molecule has 2 atom stereocenters. The van der Waals surface area contributed by atoms with Gasteiger partial charge in [-0.3, -0.25) is 14.5 Å². The highest BCUT2D eigenvalue weighted by Gasteiger charge is 2.33. The zero-order chi connectivity index (χ0) is 33.2. The summed E-state index contributed by atoms with van der Waals surface area (Å²) in [5, 5.41) is 8.55. The van der Waals surface area contributed by atoms with Crippen molar-refractivity contribution in [1.29, 1.82) is 0 Å². The Hall–Kier alpha value is -4.97. The number of ether oxygens (including phenoxy) is 1. The lowest BCUT2D eigenvalue weighted by Gasteiger charge is -2.39. The summed E-state index contributed by atoms with van der Waals surface area (Å²) >= 11 is 0. The van der Waals surface area contributed by atoms with E-state index < -0.39 is 17.9 Å². The van der Waals surface area contributed by atoms with Gasteiger partial charge in [-0.15, -0.1) is 0 Å². The Balaban J connectivity index is 1.23. The standard InChI is InChI=1S/C36H40FN7O4/c1-24(43(36(47)39-27-12-10-26(37)11-13-27)28-14-16-29(17-15-28)48-23-25-8-9-25)33-40-31-6-3-2-5-30(31)34(45)44(33)42-21-19-41(20-22-42)35(46)32-7-4-18-38-32/h2-3,5-6,10-17,24-25,32,38H,4,7-9,18-23H2,1H3,(H,39,47)/t24?,32-/m0/s1. The van der Waals surface area contributed by atoms with Crippen molar-refractivity contribution in [2.45, 2.75) is 44.7 Å². The normalized spacial score (nSPS) is 18.5. The highest BCUT2D eigenvalue weighted by Crippen LogP contribution is 2.32. The molecule has 0 spiro atoms. The number of fused-ring (bicyclic) bond motifs is 1. The molecular weight excluding hydrogens is 613 g/mol. The maximum absolute atomic E-state index is 14.2. The summed E-state index contributed by atoms with van der Waals surface area (Å²) in [5.41, 5.74) is 1.26. The lowest BCUT2D eigenvalue weighted by molar-refractivity contribution is -0.133. The number of anilines is 2. The van der Waals surface area contributed by atoms with Crippen LogP contribution in [0.1, 0.15) is 44.5 Å². The van der Waals surface area contributed by atoms with Crippen molar-refractivity contribution < 1.29 is 18.7 Å². The number of urea groups is 1. The van der Waals surface area contributed by atoms with Gasteiger partial charge in [0, 0.05) is 24.5 Å². The number of para-hydroxylation sites is 1. The molecule has 3 heterocycles. The summed E-state index contributed by atoms with van der Waals surface area (Å²) in [6.07, 6.45) is 4.17. The lowest BCUT2D eigenvalue weighted by atomic mass is 10.1. The largest absolute Gasteiger partial charge is 0.493 e. The molecule has 12 heteroatoms. The van der Waals surface area contributed by atoms with Crippen LogP contribution in [0.4, 0.5) is 20.6 Å². The zero-order valence-electron chi connectivity index (χ0n) is 27.0. The van der Waals surface area contributed by atoms with Crippen LogP contribution in [0.25, 0.3) is 10.9 Å². The molecule has 1 unspecified atom stereocenters. The van der Waals surface area contributed by atoms with Crippen molar-refractivity contribution in [3.63, 3.8) is 0 Å². The fraction of sp³-hybridized carbons (Fsp3) is 0.389. The molecule has 2 saturated heterocycles. The molecule has 1 aromatic heterocycles. The first-order valence-electron chi connectivity index (χ1n) is 16.7. The maximum Gasteiger partial charge on any atom is 0.326 e. The molecule has 1 saturated carbocycles. The van der Waals surface area contributed by atoms with Gasteiger partial charge in [-0.1, -0.05) is 12.1 Å². The van der Waals surface area contributed by atoms with Crippen molar-refractivity contribution in [2.75, 3.05) is 54.6 Å². The minimum Gasteiger partial charge on any atom is -0.493 e. The number of halogens is 1. The van der Waals surface area contributed by atoms with Gasteiger partial charge in [0.05, 0.1) is 42.7 Å². The molecule has 3 aromatic carbocycles. The molecule has 3 aliphatic rings. The van der Waals surface area contributed by atoms with Crippen LogP contribution in [-0.2, 0) is 4.79 Å². The van der Waals surface area contributed by atoms with Gasteiger partial charge in [0.15, 0.2) is 5.82 Å². The molecule has 0 bridgehead atoms. The predicted molar refractivity (Wildman–Crippen MR) is 183 cm³/mol. The molecule has 250 valence electrons. The van der Waals surface area contributed by atoms with E-state index in [1.165, 1.54) is 37.1 Å². The predicted octanol–water partition coefficient (Wildman–Crippen LogP) is 4.66. The van der Waals surface area contributed by atoms with Crippen LogP contribution in [0.2, 0.25) is 0 Å². The summed E-state index contributed by atoms with van der Waals surface area (Å²) < 4.78 is 21.2. The number of amides is 3. The second kappa shape index (κ2) is 13.6. The average molecular weight is 654 g/mol. The molecule has 2 N–H and O–H groups in total. The number of nitrogens with one attached hydrogen (secondary N) is 2. The number of aromatic nitrogens is 2. The van der Waals surface area contributed by atoms with Gasteiger partial charge < -0.3 is 25.3 Å². The Morgan fingerprint density at radius 1 is 1.00 bits per heavy atom. The summed E-state index contributed by atoms with van der Waals surface area (Å²) in [7, 11) is 0. The highest BCUT2D eigenvalue weighted by atomic mass is 19.1. The SMILES string of the molecule is CC(c1nc2ccccc2c(=O)n1N1CCN(C(=O)[C@@H]2CCCN2)CC1)N(C(=O)Nc1ccc(F)cc1)c1ccc(OCC2CC2)cc1. The third kappa shape index (κ3) is 6.70. The van der Waals surface area contributed by atoms with Gasteiger partial charge in [-0.05, 0) is 106 Å². The van der Waals surface area contributed by atoms with Crippen LogP contribution in [0.3, 0.4) is 0 Å². The topological polar surface area (TPSA) is 112 Å². The van der Waals surface area contributed by atoms with E-state index in [4.69, 9.17) is 9.72 Å². The van der Waals surface area contributed by atoms with Gasteiger partial charge in [-0.25, -0.2) is 18.8 Å². The lowest BCUT2D eigenvalue weighted by Crippen LogP contribution is -2.58. The van der Waals surface area contributed by atoms with Gasteiger partial charge in [-0.2, -0.15) is 0 Å². The van der Waals surface area contributed by atoms with Gasteiger partial charge in [0.2, 0.25) is 5.91 Å². The number of carbonyl (C=O) groups is 2. The Morgan fingerprint density at radius 2 is 1.73 bits per heavy atom. The minimum atomic E-state index is -0.733. The van der Waals surface area contributed by atoms with Crippen molar-refractivity contribution in [3.05, 3.63) is 94.8 Å². The summed E-state index contributed by atoms with van der Waals surface area (Å²) in [5.74, 6) is 1.36. The number of carbonyl (C=O) groups excluding carboxylic acids is 2.